The van der Waals surface area contributed by atoms with Crippen molar-refractivity contribution in [2.75, 3.05) is 0 Å². The first-order valence-electron chi connectivity index (χ1n) is 10.6. The molecule has 0 bridgehead atoms. The predicted molar refractivity (Wildman–Crippen MR) is 121 cm³/mol. The Balaban J connectivity index is 1.62. The van der Waals surface area contributed by atoms with E-state index in [1.807, 2.05) is 30.6 Å². The van der Waals surface area contributed by atoms with Gasteiger partial charge in [0.1, 0.15) is 12.0 Å². The number of rotatable bonds is 3. The summed E-state index contributed by atoms with van der Waals surface area (Å²) in [6, 6.07) is 14.5. The molecule has 0 N–H and O–H groups in total. The van der Waals surface area contributed by atoms with E-state index >= 15 is 0 Å². The molecule has 0 spiro atoms. The predicted octanol–water partition coefficient (Wildman–Crippen LogP) is 6.36. The molecule has 1 fully saturated rings. The fraction of sp³-hybridized carbons (Fsp3) is 0.240. The van der Waals surface area contributed by atoms with E-state index in [9.17, 15) is 0 Å². The van der Waals surface area contributed by atoms with Crippen molar-refractivity contribution in [1.82, 2.24) is 14.5 Å². The molecule has 0 unspecified atom stereocenters. The Morgan fingerprint density at radius 2 is 1.97 bits per heavy atom. The number of nitrogens with zero attached hydrogens (tertiary/aromatic N) is 4. The van der Waals surface area contributed by atoms with Crippen LogP contribution in [0.25, 0.3) is 17.1 Å². The molecule has 2 aliphatic rings. The van der Waals surface area contributed by atoms with Gasteiger partial charge in [0.15, 0.2) is 12.2 Å². The van der Waals surface area contributed by atoms with Crippen LogP contribution in [0.3, 0.4) is 0 Å². The molecule has 2 aromatic carbocycles. The Morgan fingerprint density at radius 3 is 2.71 bits per heavy atom. The molecule has 1 aliphatic heterocycles. The van der Waals surface area contributed by atoms with Crippen molar-refractivity contribution in [1.29, 1.82) is 0 Å². The van der Waals surface area contributed by atoms with Crippen LogP contribution < -0.4 is 0 Å². The van der Waals surface area contributed by atoms with Gasteiger partial charge in [-0.25, -0.2) is 9.97 Å². The first kappa shape index (κ1) is 18.6. The zero-order valence-electron chi connectivity index (χ0n) is 17.1. The van der Waals surface area contributed by atoms with Crippen LogP contribution >= 0.6 is 11.6 Å². The number of hydrogen-bond donors (Lipinski definition) is 0. The number of oxazole rings is 1. The second kappa shape index (κ2) is 7.20. The van der Waals surface area contributed by atoms with E-state index in [4.69, 9.17) is 21.0 Å². The highest BCUT2D eigenvalue weighted by molar-refractivity contribution is 6.35. The number of aromatic nitrogens is 3. The minimum Gasteiger partial charge on any atom is -0.442 e. The van der Waals surface area contributed by atoms with Crippen LogP contribution in [-0.4, -0.2) is 20.2 Å². The Kier molecular flexibility index (Phi) is 4.32. The highest BCUT2D eigenvalue weighted by atomic mass is 35.5. The molecule has 2 aromatic heterocycles. The molecule has 6 heteroatoms. The Morgan fingerprint density at radius 1 is 1.10 bits per heavy atom. The minimum absolute atomic E-state index is 0.145. The third kappa shape index (κ3) is 2.95. The van der Waals surface area contributed by atoms with Gasteiger partial charge in [-0.15, -0.1) is 0 Å². The monoisotopic (exact) mass is 428 g/mol. The number of fused-ring (bicyclic) bond motifs is 3. The van der Waals surface area contributed by atoms with Gasteiger partial charge in [0.25, 0.3) is 0 Å². The van der Waals surface area contributed by atoms with Crippen LogP contribution in [0.5, 0.6) is 0 Å². The Bertz CT molecular complexity index is 1300. The summed E-state index contributed by atoms with van der Waals surface area (Å²) >= 11 is 6.64. The van der Waals surface area contributed by atoms with Crippen molar-refractivity contribution in [2.24, 2.45) is 4.99 Å². The molecule has 0 amide bonds. The van der Waals surface area contributed by atoms with Gasteiger partial charge in [-0.2, -0.15) is 0 Å². The van der Waals surface area contributed by atoms with E-state index < -0.39 is 0 Å². The standard InChI is InChI=1S/C25H21ClN4O/c1-15-25-24(22-12-27-14-31-22)28-13-30(25)21-10-9-17(16-5-4-6-16)11-19(21)23(29-15)18-7-2-3-8-20(18)26/h2-3,7-16H,4-6H2,1H3/t15-/m1/s1. The summed E-state index contributed by atoms with van der Waals surface area (Å²) in [7, 11) is 0. The lowest BCUT2D eigenvalue weighted by molar-refractivity contribution is 0.419. The van der Waals surface area contributed by atoms with Gasteiger partial charge in [-0.05, 0) is 49.4 Å². The number of imidazole rings is 1. The lowest BCUT2D eigenvalue weighted by Gasteiger charge is -2.27. The molecule has 0 saturated heterocycles. The number of halogens is 1. The molecular weight excluding hydrogens is 408 g/mol. The molecule has 154 valence electrons. The fourth-order valence-corrected chi connectivity index (χ4v) is 4.84. The van der Waals surface area contributed by atoms with E-state index in [1.165, 1.54) is 31.2 Å². The van der Waals surface area contributed by atoms with Crippen molar-refractivity contribution in [3.05, 3.63) is 88.8 Å². The van der Waals surface area contributed by atoms with Gasteiger partial charge < -0.3 is 4.42 Å². The lowest BCUT2D eigenvalue weighted by atomic mass is 9.79. The quantitative estimate of drug-likeness (QED) is 0.381. The Labute approximate surface area is 185 Å². The summed E-state index contributed by atoms with van der Waals surface area (Å²) in [5.74, 6) is 1.27. The van der Waals surface area contributed by atoms with E-state index in [1.54, 1.807) is 6.20 Å². The average molecular weight is 429 g/mol. The van der Waals surface area contributed by atoms with Crippen molar-refractivity contribution in [2.45, 2.75) is 38.1 Å². The van der Waals surface area contributed by atoms with Gasteiger partial charge in [-0.1, -0.05) is 42.3 Å². The average Bonchev–Trinajstić information content (AvgIpc) is 3.39. The van der Waals surface area contributed by atoms with Crippen LogP contribution in [0.15, 0.2) is 70.8 Å². The molecular formula is C25H21ClN4O. The second-order valence-electron chi connectivity index (χ2n) is 8.25. The third-order valence-electron chi connectivity index (χ3n) is 6.43. The van der Waals surface area contributed by atoms with Gasteiger partial charge in [0, 0.05) is 16.1 Å². The molecule has 4 aromatic rings. The molecule has 1 saturated carbocycles. The maximum atomic E-state index is 6.64. The van der Waals surface area contributed by atoms with Crippen LogP contribution in [0.1, 0.15) is 60.5 Å². The van der Waals surface area contributed by atoms with Crippen molar-refractivity contribution >= 4 is 17.3 Å². The SMILES string of the molecule is C[C@H]1N=C(c2ccccc2Cl)c2cc(C3CCC3)ccc2-n2cnc(-c3cnco3)c21. The van der Waals surface area contributed by atoms with E-state index in [2.05, 4.69) is 39.7 Å². The number of benzene rings is 2. The van der Waals surface area contributed by atoms with Gasteiger partial charge in [0.2, 0.25) is 0 Å². The molecule has 31 heavy (non-hydrogen) atoms. The smallest absolute Gasteiger partial charge is 0.181 e. The summed E-state index contributed by atoms with van der Waals surface area (Å²) in [5, 5.41) is 0.702. The fourth-order valence-electron chi connectivity index (χ4n) is 4.61. The molecule has 6 rings (SSSR count). The molecule has 1 aliphatic carbocycles. The first-order chi connectivity index (χ1) is 15.2. The second-order valence-corrected chi connectivity index (χ2v) is 8.66. The summed E-state index contributed by atoms with van der Waals surface area (Å²) in [5.41, 5.74) is 7.13. The lowest BCUT2D eigenvalue weighted by Crippen LogP contribution is -2.12. The summed E-state index contributed by atoms with van der Waals surface area (Å²) in [4.78, 5) is 13.9. The van der Waals surface area contributed by atoms with Crippen molar-refractivity contribution in [3.8, 4) is 17.1 Å². The van der Waals surface area contributed by atoms with E-state index in [0.29, 0.717) is 16.7 Å². The summed E-state index contributed by atoms with van der Waals surface area (Å²) in [6.07, 6.45) is 8.78. The Hall–Kier alpha value is -3.18. The van der Waals surface area contributed by atoms with E-state index in [0.717, 1.165) is 33.9 Å². The van der Waals surface area contributed by atoms with Gasteiger partial charge in [-0.3, -0.25) is 9.56 Å². The topological polar surface area (TPSA) is 56.2 Å². The number of aliphatic imine (C=N–C) groups is 1. The van der Waals surface area contributed by atoms with Crippen LogP contribution in [-0.2, 0) is 0 Å². The minimum atomic E-state index is -0.145. The third-order valence-corrected chi connectivity index (χ3v) is 6.76. The van der Waals surface area contributed by atoms with Crippen LogP contribution in [0, 0.1) is 0 Å². The van der Waals surface area contributed by atoms with Crippen LogP contribution in [0.4, 0.5) is 0 Å². The first-order valence-corrected chi connectivity index (χ1v) is 11.0. The summed E-state index contributed by atoms with van der Waals surface area (Å²) < 4.78 is 7.70. The highest BCUT2D eigenvalue weighted by Crippen LogP contribution is 2.41. The van der Waals surface area contributed by atoms with Crippen molar-refractivity contribution < 1.29 is 4.42 Å². The zero-order chi connectivity index (χ0) is 20.9. The van der Waals surface area contributed by atoms with Crippen LogP contribution in [0.2, 0.25) is 5.02 Å². The largest absolute Gasteiger partial charge is 0.442 e. The molecule has 5 nitrogen and oxygen atoms in total. The molecule has 0 radical (unpaired) electrons. The zero-order valence-corrected chi connectivity index (χ0v) is 17.9. The molecule has 3 heterocycles. The van der Waals surface area contributed by atoms with E-state index in [-0.39, 0.29) is 6.04 Å². The number of hydrogen-bond acceptors (Lipinski definition) is 4. The maximum Gasteiger partial charge on any atom is 0.181 e. The molecule has 1 atom stereocenters. The van der Waals surface area contributed by atoms with Gasteiger partial charge in [0.05, 0.1) is 29.3 Å². The summed E-state index contributed by atoms with van der Waals surface area (Å²) in [6.45, 7) is 2.09. The maximum absolute atomic E-state index is 6.64. The van der Waals surface area contributed by atoms with Gasteiger partial charge >= 0.3 is 0 Å². The normalized spacial score (nSPS) is 18.0. The highest BCUT2D eigenvalue weighted by Gasteiger charge is 2.29. The van der Waals surface area contributed by atoms with Crippen molar-refractivity contribution in [3.63, 3.8) is 0 Å².